The topological polar surface area (TPSA) is 95.2 Å². The molecule has 1 atom stereocenters. The number of benzene rings is 1. The van der Waals surface area contributed by atoms with Crippen LogP contribution >= 0.6 is 12.4 Å². The summed E-state index contributed by atoms with van der Waals surface area (Å²) in [5.41, 5.74) is 11.3. The van der Waals surface area contributed by atoms with Gasteiger partial charge in [0.05, 0.1) is 4.92 Å². The number of rotatable bonds is 6. The summed E-state index contributed by atoms with van der Waals surface area (Å²) in [5, 5.41) is 10.8. The maximum absolute atomic E-state index is 13.1. The number of unbranched alkanes of at least 4 members (excludes halogenated alkanes) is 1. The van der Waals surface area contributed by atoms with Gasteiger partial charge in [0.2, 0.25) is 0 Å². The lowest BCUT2D eigenvalue weighted by molar-refractivity contribution is -0.385. The summed E-state index contributed by atoms with van der Waals surface area (Å²) in [4.78, 5) is 10.2. The van der Waals surface area contributed by atoms with Crippen molar-refractivity contribution in [3.8, 4) is 0 Å². The SMILES string of the molecule is Cl.NCCCC[C@@H](N)c1cc(F)ccc1[N+](=O)[O-]. The molecule has 1 rings (SSSR count). The minimum atomic E-state index is -0.544. The predicted molar refractivity (Wildman–Crippen MR) is 70.1 cm³/mol. The molecule has 4 N–H and O–H groups in total. The number of halogens is 2. The number of hydrogen-bond acceptors (Lipinski definition) is 4. The maximum atomic E-state index is 13.1. The Morgan fingerprint density at radius 2 is 2.06 bits per heavy atom. The Morgan fingerprint density at radius 1 is 1.39 bits per heavy atom. The third kappa shape index (κ3) is 4.56. The number of nitro groups is 1. The molecule has 0 aromatic heterocycles. The Kier molecular flexibility index (Phi) is 7.42. The lowest BCUT2D eigenvalue weighted by Crippen LogP contribution is -2.13. The van der Waals surface area contributed by atoms with Crippen molar-refractivity contribution in [2.75, 3.05) is 6.54 Å². The summed E-state index contributed by atoms with van der Waals surface area (Å²) in [7, 11) is 0. The van der Waals surface area contributed by atoms with E-state index in [1.807, 2.05) is 0 Å². The molecule has 0 bridgehead atoms. The highest BCUT2D eigenvalue weighted by molar-refractivity contribution is 5.85. The molecule has 0 unspecified atom stereocenters. The van der Waals surface area contributed by atoms with Crippen molar-refractivity contribution in [1.82, 2.24) is 0 Å². The molecular weight excluding hydrogens is 261 g/mol. The first-order valence-electron chi connectivity index (χ1n) is 5.45. The molecule has 0 spiro atoms. The van der Waals surface area contributed by atoms with Crippen molar-refractivity contribution in [3.63, 3.8) is 0 Å². The van der Waals surface area contributed by atoms with Crippen molar-refractivity contribution in [2.24, 2.45) is 11.5 Å². The molecule has 18 heavy (non-hydrogen) atoms. The van der Waals surface area contributed by atoms with Crippen molar-refractivity contribution in [3.05, 3.63) is 39.7 Å². The summed E-state index contributed by atoms with van der Waals surface area (Å²) in [6.45, 7) is 0.554. The fourth-order valence-corrected chi connectivity index (χ4v) is 1.65. The molecule has 0 aliphatic carbocycles. The molecular formula is C11H17ClFN3O2. The van der Waals surface area contributed by atoms with Gasteiger partial charge in [0, 0.05) is 17.7 Å². The first-order chi connectivity index (χ1) is 8.06. The van der Waals surface area contributed by atoms with E-state index in [4.69, 9.17) is 11.5 Å². The van der Waals surface area contributed by atoms with Gasteiger partial charge in [0.15, 0.2) is 0 Å². The molecule has 0 heterocycles. The number of hydrogen-bond donors (Lipinski definition) is 2. The van der Waals surface area contributed by atoms with Crippen LogP contribution in [0.5, 0.6) is 0 Å². The maximum Gasteiger partial charge on any atom is 0.274 e. The smallest absolute Gasteiger partial charge is 0.274 e. The second kappa shape index (κ2) is 7.97. The van der Waals surface area contributed by atoms with Crippen LogP contribution in [0.1, 0.15) is 30.9 Å². The second-order valence-electron chi connectivity index (χ2n) is 3.85. The summed E-state index contributed by atoms with van der Waals surface area (Å²) >= 11 is 0. The van der Waals surface area contributed by atoms with Gasteiger partial charge in [-0.1, -0.05) is 6.42 Å². The molecule has 0 saturated carbocycles. The van der Waals surface area contributed by atoms with E-state index in [0.29, 0.717) is 13.0 Å². The van der Waals surface area contributed by atoms with Crippen LogP contribution in [0.3, 0.4) is 0 Å². The standard InChI is InChI=1S/C11H16FN3O2.ClH/c12-8-4-5-11(15(16)17)9(7-8)10(14)3-1-2-6-13;/h4-5,7,10H,1-3,6,13-14H2;1H/t10-;/m1./s1. The largest absolute Gasteiger partial charge is 0.330 e. The van der Waals surface area contributed by atoms with E-state index in [0.717, 1.165) is 31.0 Å². The quantitative estimate of drug-likeness (QED) is 0.474. The summed E-state index contributed by atoms with van der Waals surface area (Å²) in [5.74, 6) is -0.514. The van der Waals surface area contributed by atoms with Gasteiger partial charge < -0.3 is 11.5 Å². The Morgan fingerprint density at radius 3 is 2.61 bits per heavy atom. The van der Waals surface area contributed by atoms with Gasteiger partial charge >= 0.3 is 0 Å². The predicted octanol–water partition coefficient (Wildman–Crippen LogP) is 2.28. The molecule has 102 valence electrons. The van der Waals surface area contributed by atoms with Crippen LogP contribution in [0.15, 0.2) is 18.2 Å². The second-order valence-corrected chi connectivity index (χ2v) is 3.85. The van der Waals surface area contributed by atoms with Gasteiger partial charge in [0.25, 0.3) is 5.69 Å². The van der Waals surface area contributed by atoms with Crippen LogP contribution < -0.4 is 11.5 Å². The van der Waals surface area contributed by atoms with E-state index < -0.39 is 16.8 Å². The molecule has 0 aliphatic rings. The average molecular weight is 278 g/mol. The molecule has 0 saturated heterocycles. The number of nitrogens with two attached hydrogens (primary N) is 2. The number of nitro benzene ring substituents is 1. The van der Waals surface area contributed by atoms with Crippen molar-refractivity contribution < 1.29 is 9.31 Å². The van der Waals surface area contributed by atoms with Gasteiger partial charge in [-0.25, -0.2) is 4.39 Å². The van der Waals surface area contributed by atoms with Gasteiger partial charge in [-0.05, 0) is 31.5 Å². The fraction of sp³-hybridized carbons (Fsp3) is 0.455. The highest BCUT2D eigenvalue weighted by Gasteiger charge is 2.19. The van der Waals surface area contributed by atoms with Gasteiger partial charge in [-0.3, -0.25) is 10.1 Å². The van der Waals surface area contributed by atoms with Crippen LogP contribution in [0.25, 0.3) is 0 Å². The monoisotopic (exact) mass is 277 g/mol. The molecule has 0 aliphatic heterocycles. The van der Waals surface area contributed by atoms with Crippen molar-refractivity contribution >= 4 is 18.1 Å². The average Bonchev–Trinajstić information content (AvgIpc) is 2.28. The molecule has 5 nitrogen and oxygen atoms in total. The van der Waals surface area contributed by atoms with E-state index in [-0.39, 0.29) is 23.7 Å². The van der Waals surface area contributed by atoms with Gasteiger partial charge in [-0.2, -0.15) is 0 Å². The summed E-state index contributed by atoms with van der Waals surface area (Å²) in [6, 6.07) is 2.81. The zero-order valence-electron chi connectivity index (χ0n) is 9.84. The van der Waals surface area contributed by atoms with E-state index in [9.17, 15) is 14.5 Å². The van der Waals surface area contributed by atoms with Crippen LogP contribution in [0.4, 0.5) is 10.1 Å². The third-order valence-corrected chi connectivity index (χ3v) is 2.55. The summed E-state index contributed by atoms with van der Waals surface area (Å²) in [6.07, 6.45) is 2.13. The molecule has 0 amide bonds. The molecule has 1 aromatic rings. The zero-order valence-corrected chi connectivity index (χ0v) is 10.7. The Balaban J connectivity index is 0.00000289. The lowest BCUT2D eigenvalue weighted by Gasteiger charge is -2.12. The fourth-order valence-electron chi connectivity index (χ4n) is 1.65. The highest BCUT2D eigenvalue weighted by Crippen LogP contribution is 2.27. The lowest BCUT2D eigenvalue weighted by atomic mass is 10.00. The zero-order chi connectivity index (χ0) is 12.8. The minimum Gasteiger partial charge on any atom is -0.330 e. The Bertz CT molecular complexity index is 404. The highest BCUT2D eigenvalue weighted by atomic mass is 35.5. The molecule has 1 aromatic carbocycles. The Hall–Kier alpha value is -1.24. The normalized spacial score (nSPS) is 11.7. The molecule has 0 radical (unpaired) electrons. The van der Waals surface area contributed by atoms with Crippen LogP contribution in [-0.2, 0) is 0 Å². The van der Waals surface area contributed by atoms with Crippen molar-refractivity contribution in [1.29, 1.82) is 0 Å². The molecule has 0 fully saturated rings. The number of nitrogens with zero attached hydrogens (tertiary/aromatic N) is 1. The first-order valence-corrected chi connectivity index (χ1v) is 5.45. The van der Waals surface area contributed by atoms with Gasteiger partial charge in [0.1, 0.15) is 5.82 Å². The van der Waals surface area contributed by atoms with E-state index in [2.05, 4.69) is 0 Å². The Labute approximate surface area is 111 Å². The van der Waals surface area contributed by atoms with E-state index in [1.165, 1.54) is 0 Å². The van der Waals surface area contributed by atoms with Crippen LogP contribution in [-0.4, -0.2) is 11.5 Å². The first kappa shape index (κ1) is 16.8. The van der Waals surface area contributed by atoms with E-state index in [1.54, 1.807) is 0 Å². The van der Waals surface area contributed by atoms with Gasteiger partial charge in [-0.15, -0.1) is 12.4 Å². The third-order valence-electron chi connectivity index (χ3n) is 2.55. The van der Waals surface area contributed by atoms with Crippen LogP contribution in [0, 0.1) is 15.9 Å². The van der Waals surface area contributed by atoms with E-state index >= 15 is 0 Å². The van der Waals surface area contributed by atoms with Crippen molar-refractivity contribution in [2.45, 2.75) is 25.3 Å². The summed E-state index contributed by atoms with van der Waals surface area (Å²) < 4.78 is 13.1. The molecule has 7 heteroatoms. The minimum absolute atomic E-state index is 0. The van der Waals surface area contributed by atoms with Crippen LogP contribution in [0.2, 0.25) is 0 Å².